The molecule has 0 radical (unpaired) electrons. The van der Waals surface area contributed by atoms with Gasteiger partial charge in [0.2, 0.25) is 5.91 Å². The van der Waals surface area contributed by atoms with Crippen LogP contribution in [0.3, 0.4) is 0 Å². The van der Waals surface area contributed by atoms with Crippen molar-refractivity contribution < 1.29 is 9.90 Å². The molecule has 0 unspecified atom stereocenters. The minimum absolute atomic E-state index is 0.00539. The van der Waals surface area contributed by atoms with E-state index in [1.807, 2.05) is 26.0 Å². The number of amides is 1. The second-order valence-corrected chi connectivity index (χ2v) is 5.14. The lowest BCUT2D eigenvalue weighted by atomic mass is 10.1. The van der Waals surface area contributed by atoms with Crippen LogP contribution in [-0.2, 0) is 4.79 Å². The molecule has 20 heavy (non-hydrogen) atoms. The van der Waals surface area contributed by atoms with E-state index in [1.54, 1.807) is 11.0 Å². The number of halogens is 1. The number of rotatable bonds is 7. The van der Waals surface area contributed by atoms with Crippen LogP contribution in [0.4, 0.5) is 5.69 Å². The van der Waals surface area contributed by atoms with Crippen molar-refractivity contribution in [3.63, 3.8) is 0 Å². The molecule has 0 aliphatic heterocycles. The van der Waals surface area contributed by atoms with Crippen LogP contribution in [0.2, 0.25) is 5.02 Å². The van der Waals surface area contributed by atoms with Gasteiger partial charge in [-0.3, -0.25) is 9.69 Å². The van der Waals surface area contributed by atoms with Gasteiger partial charge in [0.1, 0.15) is 0 Å². The highest BCUT2D eigenvalue weighted by Gasteiger charge is 2.12. The molecule has 0 saturated heterocycles. The lowest BCUT2D eigenvalue weighted by Crippen LogP contribution is -2.35. The van der Waals surface area contributed by atoms with Crippen molar-refractivity contribution in [2.75, 3.05) is 31.6 Å². The number of hydrogen-bond acceptors (Lipinski definition) is 3. The van der Waals surface area contributed by atoms with Gasteiger partial charge in [0.25, 0.3) is 0 Å². The quantitative estimate of drug-likeness (QED) is 0.760. The summed E-state index contributed by atoms with van der Waals surface area (Å²) in [6, 6.07) is 3.79. The minimum Gasteiger partial charge on any atom is -0.395 e. The Bertz CT molecular complexity index is 466. The third-order valence-corrected chi connectivity index (χ3v) is 3.16. The Hall–Kier alpha value is -1.36. The first-order chi connectivity index (χ1) is 9.47. The maximum atomic E-state index is 12.0. The smallest absolute Gasteiger partial charge is 0.238 e. The monoisotopic (exact) mass is 296 g/mol. The highest BCUT2D eigenvalue weighted by Crippen LogP contribution is 2.27. The van der Waals surface area contributed by atoms with E-state index in [0.29, 0.717) is 23.8 Å². The van der Waals surface area contributed by atoms with E-state index in [0.717, 1.165) is 11.1 Å². The Morgan fingerprint density at radius 2 is 2.20 bits per heavy atom. The fourth-order valence-corrected chi connectivity index (χ4v) is 2.38. The van der Waals surface area contributed by atoms with Crippen LogP contribution >= 0.6 is 11.6 Å². The first kappa shape index (κ1) is 16.7. The van der Waals surface area contributed by atoms with Crippen LogP contribution in [0.15, 0.2) is 24.8 Å². The summed E-state index contributed by atoms with van der Waals surface area (Å²) >= 11 is 6.15. The van der Waals surface area contributed by atoms with Crippen molar-refractivity contribution in [3.8, 4) is 0 Å². The molecule has 0 spiro atoms. The average molecular weight is 297 g/mol. The lowest BCUT2D eigenvalue weighted by Gasteiger charge is -2.19. The van der Waals surface area contributed by atoms with Crippen LogP contribution in [0.1, 0.15) is 11.1 Å². The molecule has 0 atom stereocenters. The molecule has 0 aromatic heterocycles. The van der Waals surface area contributed by atoms with E-state index in [1.165, 1.54) is 0 Å². The molecule has 1 aromatic rings. The van der Waals surface area contributed by atoms with Gasteiger partial charge in [-0.2, -0.15) is 0 Å². The Morgan fingerprint density at radius 1 is 1.50 bits per heavy atom. The zero-order valence-corrected chi connectivity index (χ0v) is 12.7. The first-order valence-corrected chi connectivity index (χ1v) is 6.86. The average Bonchev–Trinajstić information content (AvgIpc) is 2.34. The van der Waals surface area contributed by atoms with Gasteiger partial charge in [0, 0.05) is 13.1 Å². The summed E-state index contributed by atoms with van der Waals surface area (Å²) in [6.07, 6.45) is 1.70. The molecule has 0 aliphatic rings. The van der Waals surface area contributed by atoms with Crippen molar-refractivity contribution in [1.82, 2.24) is 4.90 Å². The first-order valence-electron chi connectivity index (χ1n) is 6.48. The number of aliphatic hydroxyl groups excluding tert-OH is 1. The molecule has 2 N–H and O–H groups in total. The van der Waals surface area contributed by atoms with E-state index in [4.69, 9.17) is 16.7 Å². The Kier molecular flexibility index (Phi) is 6.71. The van der Waals surface area contributed by atoms with Crippen LogP contribution in [0.25, 0.3) is 0 Å². The van der Waals surface area contributed by atoms with Gasteiger partial charge >= 0.3 is 0 Å². The van der Waals surface area contributed by atoms with Crippen LogP contribution in [0.5, 0.6) is 0 Å². The summed E-state index contributed by atoms with van der Waals surface area (Å²) in [5.41, 5.74) is 2.63. The highest BCUT2D eigenvalue weighted by molar-refractivity contribution is 6.34. The summed E-state index contributed by atoms with van der Waals surface area (Å²) in [6.45, 7) is 8.68. The van der Waals surface area contributed by atoms with Crippen LogP contribution in [0, 0.1) is 13.8 Å². The normalized spacial score (nSPS) is 10.7. The Morgan fingerprint density at radius 3 is 2.75 bits per heavy atom. The topological polar surface area (TPSA) is 52.6 Å². The van der Waals surface area contributed by atoms with Crippen molar-refractivity contribution in [1.29, 1.82) is 0 Å². The van der Waals surface area contributed by atoms with Gasteiger partial charge in [-0.25, -0.2) is 0 Å². The number of carbonyl (C=O) groups is 1. The molecule has 1 aromatic carbocycles. The van der Waals surface area contributed by atoms with Gasteiger partial charge in [0.15, 0.2) is 0 Å². The lowest BCUT2D eigenvalue weighted by molar-refractivity contribution is -0.117. The molecule has 4 nitrogen and oxygen atoms in total. The van der Waals surface area contributed by atoms with Gasteiger partial charge < -0.3 is 10.4 Å². The van der Waals surface area contributed by atoms with Crippen LogP contribution in [-0.4, -0.2) is 42.2 Å². The van der Waals surface area contributed by atoms with Gasteiger partial charge in [0.05, 0.1) is 23.9 Å². The molecular formula is C15H21ClN2O2. The molecular weight excluding hydrogens is 276 g/mol. The molecule has 110 valence electrons. The van der Waals surface area contributed by atoms with E-state index in [-0.39, 0.29) is 19.1 Å². The molecule has 1 rings (SSSR count). The third kappa shape index (κ3) is 4.96. The summed E-state index contributed by atoms with van der Waals surface area (Å²) in [5, 5.41) is 12.3. The van der Waals surface area contributed by atoms with E-state index < -0.39 is 0 Å². The summed E-state index contributed by atoms with van der Waals surface area (Å²) < 4.78 is 0. The standard InChI is InChI=1S/C15H21ClN2O2/c1-4-5-18(6-7-19)10-14(20)17-15-12(3)8-11(2)9-13(15)16/h4,8-9,19H,1,5-7,10H2,2-3H3,(H,17,20). The number of anilines is 1. The van der Waals surface area contributed by atoms with Gasteiger partial charge in [-0.05, 0) is 31.0 Å². The maximum absolute atomic E-state index is 12.0. The molecule has 0 bridgehead atoms. The van der Waals surface area contributed by atoms with E-state index in [9.17, 15) is 4.79 Å². The second kappa shape index (κ2) is 8.04. The Labute approximate surface area is 125 Å². The SMILES string of the molecule is C=CCN(CCO)CC(=O)Nc1c(C)cc(C)cc1Cl. The number of aliphatic hydroxyl groups is 1. The maximum Gasteiger partial charge on any atom is 0.238 e. The predicted octanol–water partition coefficient (Wildman–Crippen LogP) is 2.38. The van der Waals surface area contributed by atoms with Crippen LogP contribution < -0.4 is 5.32 Å². The molecule has 0 aliphatic carbocycles. The molecule has 1 amide bonds. The predicted molar refractivity (Wildman–Crippen MR) is 83.3 cm³/mol. The summed E-state index contributed by atoms with van der Waals surface area (Å²) in [4.78, 5) is 13.8. The van der Waals surface area contributed by atoms with Crippen molar-refractivity contribution in [2.45, 2.75) is 13.8 Å². The highest BCUT2D eigenvalue weighted by atomic mass is 35.5. The fourth-order valence-electron chi connectivity index (χ4n) is 2.01. The summed E-state index contributed by atoms with van der Waals surface area (Å²) in [7, 11) is 0. The third-order valence-electron chi connectivity index (χ3n) is 2.87. The zero-order chi connectivity index (χ0) is 15.1. The summed E-state index contributed by atoms with van der Waals surface area (Å²) in [5.74, 6) is -0.158. The van der Waals surface area contributed by atoms with Gasteiger partial charge in [-0.1, -0.05) is 23.7 Å². The number of hydrogen-bond donors (Lipinski definition) is 2. The Balaban J connectivity index is 2.73. The number of benzene rings is 1. The molecule has 0 fully saturated rings. The van der Waals surface area contributed by atoms with E-state index >= 15 is 0 Å². The fraction of sp³-hybridized carbons (Fsp3) is 0.400. The second-order valence-electron chi connectivity index (χ2n) is 4.73. The largest absolute Gasteiger partial charge is 0.395 e. The van der Waals surface area contributed by atoms with E-state index in [2.05, 4.69) is 11.9 Å². The number of carbonyl (C=O) groups excluding carboxylic acids is 1. The molecule has 0 heterocycles. The zero-order valence-electron chi connectivity index (χ0n) is 11.9. The van der Waals surface area contributed by atoms with Crippen molar-refractivity contribution >= 4 is 23.2 Å². The minimum atomic E-state index is -0.158. The van der Waals surface area contributed by atoms with Crippen molar-refractivity contribution in [3.05, 3.63) is 40.9 Å². The number of nitrogens with zero attached hydrogens (tertiary/aromatic N) is 1. The molecule has 0 saturated carbocycles. The molecule has 5 heteroatoms. The van der Waals surface area contributed by atoms with Gasteiger partial charge in [-0.15, -0.1) is 6.58 Å². The number of aryl methyl sites for hydroxylation is 2. The van der Waals surface area contributed by atoms with Crippen molar-refractivity contribution in [2.24, 2.45) is 0 Å². The number of nitrogens with one attached hydrogen (secondary N) is 1.